The van der Waals surface area contributed by atoms with Crippen molar-refractivity contribution in [3.05, 3.63) is 29.6 Å². The highest BCUT2D eigenvalue weighted by Crippen LogP contribution is 2.68. The van der Waals surface area contributed by atoms with Crippen LogP contribution in [-0.2, 0) is 5.41 Å². The van der Waals surface area contributed by atoms with Crippen LogP contribution in [0.25, 0.3) is 0 Å². The predicted octanol–water partition coefficient (Wildman–Crippen LogP) is 2.92. The van der Waals surface area contributed by atoms with E-state index in [2.05, 4.69) is 31.0 Å². The number of nitriles is 2. The molecule has 1 aromatic heterocycles. The molecule has 2 rings (SSSR count). The first-order chi connectivity index (χ1) is 8.19. The van der Waals surface area contributed by atoms with E-state index in [0.29, 0.717) is 11.3 Å². The Balaban J connectivity index is 2.55. The molecule has 0 saturated heterocycles. The summed E-state index contributed by atoms with van der Waals surface area (Å²) >= 11 is 0. The second-order valence-corrected chi connectivity index (χ2v) is 4.69. The van der Waals surface area contributed by atoms with Gasteiger partial charge in [0.1, 0.15) is 11.5 Å². The van der Waals surface area contributed by atoms with Gasteiger partial charge in [-0.25, -0.2) is 0 Å². The molecule has 1 atom stereocenters. The minimum atomic E-state index is -0.539. The van der Waals surface area contributed by atoms with E-state index in [4.69, 9.17) is 5.26 Å². The molecule has 1 saturated carbocycles. The van der Waals surface area contributed by atoms with Crippen LogP contribution in [0.15, 0.2) is 18.3 Å². The highest BCUT2D eigenvalue weighted by atomic mass is 14.8. The van der Waals surface area contributed by atoms with Crippen molar-refractivity contribution < 1.29 is 0 Å². The Labute approximate surface area is 102 Å². The molecule has 1 aromatic rings. The van der Waals surface area contributed by atoms with E-state index >= 15 is 0 Å². The third-order valence-corrected chi connectivity index (χ3v) is 4.26. The zero-order chi connectivity index (χ0) is 12.5. The molecule has 1 aliphatic carbocycles. The summed E-state index contributed by atoms with van der Waals surface area (Å²) in [6.07, 6.45) is 4.41. The summed E-state index contributed by atoms with van der Waals surface area (Å²) in [5.74, 6) is 0. The fraction of sp³-hybridized carbons (Fsp3) is 0.500. The van der Waals surface area contributed by atoms with Gasteiger partial charge in [-0.1, -0.05) is 13.8 Å². The smallest absolute Gasteiger partial charge is 0.107 e. The number of aromatic nitrogens is 1. The molecule has 0 aliphatic heterocycles. The van der Waals surface area contributed by atoms with Crippen LogP contribution in [0.4, 0.5) is 0 Å². The standard InChI is InChI=1S/C14H15N3/c1-3-13(4-2)9-14(13,10-16)12-11(8-15)6-5-7-17-12/h5-7H,3-4,9H2,1-2H3. The topological polar surface area (TPSA) is 60.5 Å². The zero-order valence-corrected chi connectivity index (χ0v) is 10.2. The van der Waals surface area contributed by atoms with Crippen LogP contribution in [0, 0.1) is 28.1 Å². The monoisotopic (exact) mass is 225 g/mol. The van der Waals surface area contributed by atoms with E-state index in [-0.39, 0.29) is 5.41 Å². The molecule has 3 nitrogen and oxygen atoms in total. The first kappa shape index (κ1) is 11.6. The van der Waals surface area contributed by atoms with Gasteiger partial charge < -0.3 is 0 Å². The summed E-state index contributed by atoms with van der Waals surface area (Å²) in [4.78, 5) is 4.30. The lowest BCUT2D eigenvalue weighted by atomic mass is 9.85. The van der Waals surface area contributed by atoms with Crippen LogP contribution in [-0.4, -0.2) is 4.98 Å². The second kappa shape index (κ2) is 3.86. The Morgan fingerprint density at radius 1 is 1.35 bits per heavy atom. The van der Waals surface area contributed by atoms with Crippen LogP contribution in [0.5, 0.6) is 0 Å². The van der Waals surface area contributed by atoms with Gasteiger partial charge in [0.25, 0.3) is 0 Å². The maximum absolute atomic E-state index is 9.53. The van der Waals surface area contributed by atoms with Gasteiger partial charge in [0, 0.05) is 6.20 Å². The van der Waals surface area contributed by atoms with Gasteiger partial charge in [0.2, 0.25) is 0 Å². The van der Waals surface area contributed by atoms with Crippen LogP contribution in [0.1, 0.15) is 44.4 Å². The van der Waals surface area contributed by atoms with Gasteiger partial charge in [-0.2, -0.15) is 10.5 Å². The first-order valence-electron chi connectivity index (χ1n) is 5.96. The Bertz CT molecular complexity index is 517. The number of pyridine rings is 1. The summed E-state index contributed by atoms with van der Waals surface area (Å²) in [7, 11) is 0. The van der Waals surface area contributed by atoms with Gasteiger partial charge in [0.05, 0.1) is 17.3 Å². The molecule has 0 amide bonds. The maximum atomic E-state index is 9.53. The van der Waals surface area contributed by atoms with Gasteiger partial charge in [-0.3, -0.25) is 4.98 Å². The first-order valence-corrected chi connectivity index (χ1v) is 5.96. The van der Waals surface area contributed by atoms with Gasteiger partial charge >= 0.3 is 0 Å². The summed E-state index contributed by atoms with van der Waals surface area (Å²) in [6.45, 7) is 4.22. The highest BCUT2D eigenvalue weighted by molar-refractivity contribution is 5.49. The van der Waals surface area contributed by atoms with Crippen molar-refractivity contribution in [1.29, 1.82) is 10.5 Å². The average Bonchev–Trinajstić information content (AvgIpc) is 3.09. The van der Waals surface area contributed by atoms with Gasteiger partial charge in [-0.05, 0) is 36.8 Å². The van der Waals surface area contributed by atoms with Crippen molar-refractivity contribution in [2.24, 2.45) is 5.41 Å². The summed E-state index contributed by atoms with van der Waals surface area (Å²) in [5, 5.41) is 18.6. The summed E-state index contributed by atoms with van der Waals surface area (Å²) < 4.78 is 0. The maximum Gasteiger partial charge on any atom is 0.107 e. The Kier molecular flexibility index (Phi) is 2.63. The van der Waals surface area contributed by atoms with E-state index in [9.17, 15) is 5.26 Å². The lowest BCUT2D eigenvalue weighted by molar-refractivity contribution is 0.421. The van der Waals surface area contributed by atoms with Gasteiger partial charge in [-0.15, -0.1) is 0 Å². The molecule has 1 fully saturated rings. The van der Waals surface area contributed by atoms with Crippen molar-refractivity contribution in [3.8, 4) is 12.1 Å². The van der Waals surface area contributed by atoms with Crippen molar-refractivity contribution in [3.63, 3.8) is 0 Å². The Morgan fingerprint density at radius 3 is 2.53 bits per heavy atom. The fourth-order valence-corrected chi connectivity index (χ4v) is 2.95. The quantitative estimate of drug-likeness (QED) is 0.794. The fourth-order valence-electron chi connectivity index (χ4n) is 2.95. The van der Waals surface area contributed by atoms with Crippen LogP contribution in [0.3, 0.4) is 0 Å². The van der Waals surface area contributed by atoms with E-state index in [1.54, 1.807) is 18.3 Å². The lowest BCUT2D eigenvalue weighted by Crippen LogP contribution is -2.18. The summed E-state index contributed by atoms with van der Waals surface area (Å²) in [5.41, 5.74) is 0.691. The highest BCUT2D eigenvalue weighted by Gasteiger charge is 2.68. The third-order valence-electron chi connectivity index (χ3n) is 4.26. The van der Waals surface area contributed by atoms with E-state index in [1.807, 2.05) is 0 Å². The van der Waals surface area contributed by atoms with E-state index in [0.717, 1.165) is 19.3 Å². The zero-order valence-electron chi connectivity index (χ0n) is 10.2. The lowest BCUT2D eigenvalue weighted by Gasteiger charge is -2.17. The second-order valence-electron chi connectivity index (χ2n) is 4.69. The number of hydrogen-bond donors (Lipinski definition) is 0. The van der Waals surface area contributed by atoms with Crippen molar-refractivity contribution in [2.75, 3.05) is 0 Å². The molecule has 1 heterocycles. The van der Waals surface area contributed by atoms with Crippen LogP contribution < -0.4 is 0 Å². The molecular weight excluding hydrogens is 210 g/mol. The molecule has 0 radical (unpaired) electrons. The number of rotatable bonds is 3. The SMILES string of the molecule is CCC1(CC)CC1(C#N)c1ncccc1C#N. The molecule has 0 bridgehead atoms. The molecule has 1 unspecified atom stereocenters. The van der Waals surface area contributed by atoms with Gasteiger partial charge in [0.15, 0.2) is 0 Å². The molecule has 0 spiro atoms. The van der Waals surface area contributed by atoms with Crippen molar-refractivity contribution >= 4 is 0 Å². The molecule has 0 aromatic carbocycles. The average molecular weight is 225 g/mol. The minimum absolute atomic E-state index is 0.0156. The summed E-state index contributed by atoms with van der Waals surface area (Å²) in [6, 6.07) is 8.06. The largest absolute Gasteiger partial charge is 0.258 e. The molecule has 86 valence electrons. The Morgan fingerprint density at radius 2 is 2.06 bits per heavy atom. The third kappa shape index (κ3) is 1.36. The normalized spacial score (nSPS) is 24.7. The number of nitrogens with zero attached hydrogens (tertiary/aromatic N) is 3. The van der Waals surface area contributed by atoms with Crippen LogP contribution in [0.2, 0.25) is 0 Å². The van der Waals surface area contributed by atoms with Crippen LogP contribution >= 0.6 is 0 Å². The van der Waals surface area contributed by atoms with E-state index in [1.165, 1.54) is 0 Å². The molecular formula is C14H15N3. The Hall–Kier alpha value is -1.87. The molecule has 0 N–H and O–H groups in total. The van der Waals surface area contributed by atoms with E-state index < -0.39 is 5.41 Å². The predicted molar refractivity (Wildman–Crippen MR) is 63.9 cm³/mol. The number of hydrogen-bond acceptors (Lipinski definition) is 3. The molecule has 3 heteroatoms. The molecule has 1 aliphatic rings. The molecule has 17 heavy (non-hydrogen) atoms. The minimum Gasteiger partial charge on any atom is -0.258 e. The van der Waals surface area contributed by atoms with Crippen molar-refractivity contribution in [2.45, 2.75) is 38.5 Å². The van der Waals surface area contributed by atoms with Crippen molar-refractivity contribution in [1.82, 2.24) is 4.98 Å².